The molecule has 1 aromatic rings. The van der Waals surface area contributed by atoms with Gasteiger partial charge in [0.15, 0.2) is 5.76 Å². The van der Waals surface area contributed by atoms with Crippen molar-refractivity contribution in [2.24, 2.45) is 17.8 Å². The molecule has 0 unspecified atom stereocenters. The zero-order valence-corrected chi connectivity index (χ0v) is 15.3. The summed E-state index contributed by atoms with van der Waals surface area (Å²) in [6.07, 6.45) is 2.98. The third kappa shape index (κ3) is 4.86. The Balaban J connectivity index is 1.92. The summed E-state index contributed by atoms with van der Waals surface area (Å²) >= 11 is 0. The van der Waals surface area contributed by atoms with Crippen molar-refractivity contribution in [1.82, 2.24) is 9.80 Å². The quantitative estimate of drug-likeness (QED) is 0.802. The van der Waals surface area contributed by atoms with Gasteiger partial charge >= 0.3 is 0 Å². The maximum absolute atomic E-state index is 12.9. The fourth-order valence-corrected chi connectivity index (χ4v) is 3.28. The molecule has 2 heterocycles. The van der Waals surface area contributed by atoms with Crippen molar-refractivity contribution in [3.63, 3.8) is 0 Å². The average molecular weight is 334 g/mol. The largest absolute Gasteiger partial charge is 0.459 e. The van der Waals surface area contributed by atoms with Crippen molar-refractivity contribution in [1.29, 1.82) is 0 Å². The van der Waals surface area contributed by atoms with Crippen LogP contribution >= 0.6 is 0 Å². The molecule has 1 aliphatic rings. The van der Waals surface area contributed by atoms with E-state index in [0.29, 0.717) is 30.7 Å². The van der Waals surface area contributed by atoms with Gasteiger partial charge in [-0.2, -0.15) is 0 Å². The molecule has 0 radical (unpaired) electrons. The van der Waals surface area contributed by atoms with Crippen molar-refractivity contribution in [2.75, 3.05) is 26.2 Å². The minimum Gasteiger partial charge on any atom is -0.459 e. The van der Waals surface area contributed by atoms with E-state index in [9.17, 15) is 9.59 Å². The second-order valence-electron chi connectivity index (χ2n) is 7.57. The third-order valence-electron chi connectivity index (χ3n) is 4.35. The Hall–Kier alpha value is -1.78. The van der Waals surface area contributed by atoms with Crippen molar-refractivity contribution in [3.8, 4) is 0 Å². The molecule has 0 saturated carbocycles. The third-order valence-corrected chi connectivity index (χ3v) is 4.35. The summed E-state index contributed by atoms with van der Waals surface area (Å²) in [5.74, 6) is 1.51. The minimum absolute atomic E-state index is 0.0307. The molecule has 0 atom stereocenters. The van der Waals surface area contributed by atoms with Crippen molar-refractivity contribution in [2.45, 2.75) is 40.5 Å². The van der Waals surface area contributed by atoms with Gasteiger partial charge in [0.05, 0.1) is 6.26 Å². The second kappa shape index (κ2) is 8.36. The molecule has 2 amide bonds. The summed E-state index contributed by atoms with van der Waals surface area (Å²) in [5.41, 5.74) is 0. The van der Waals surface area contributed by atoms with E-state index in [1.54, 1.807) is 17.0 Å². The van der Waals surface area contributed by atoms with Gasteiger partial charge in [-0.15, -0.1) is 0 Å². The lowest BCUT2D eigenvalue weighted by atomic mass is 9.94. The van der Waals surface area contributed by atoms with E-state index in [1.165, 1.54) is 6.26 Å². The molecule has 0 spiro atoms. The summed E-state index contributed by atoms with van der Waals surface area (Å²) in [6.45, 7) is 11.4. The average Bonchev–Trinajstić information content (AvgIpc) is 3.06. The van der Waals surface area contributed by atoms with Gasteiger partial charge in [-0.05, 0) is 36.8 Å². The Morgan fingerprint density at radius 2 is 1.75 bits per heavy atom. The lowest BCUT2D eigenvalue weighted by Gasteiger charge is -2.35. The van der Waals surface area contributed by atoms with Crippen LogP contribution in [-0.2, 0) is 4.79 Å². The van der Waals surface area contributed by atoms with E-state index in [2.05, 4.69) is 27.7 Å². The first-order valence-corrected chi connectivity index (χ1v) is 9.00. The monoisotopic (exact) mass is 334 g/mol. The zero-order valence-electron chi connectivity index (χ0n) is 15.3. The molecule has 0 aliphatic carbocycles. The first-order valence-electron chi connectivity index (χ1n) is 9.00. The molecule has 1 aliphatic heterocycles. The Morgan fingerprint density at radius 1 is 1.17 bits per heavy atom. The fourth-order valence-electron chi connectivity index (χ4n) is 3.28. The van der Waals surface area contributed by atoms with E-state index in [-0.39, 0.29) is 17.7 Å². The van der Waals surface area contributed by atoms with Crippen LogP contribution in [0.5, 0.6) is 0 Å². The van der Waals surface area contributed by atoms with E-state index in [0.717, 1.165) is 25.9 Å². The van der Waals surface area contributed by atoms with Crippen LogP contribution < -0.4 is 0 Å². The van der Waals surface area contributed by atoms with Gasteiger partial charge in [0, 0.05) is 32.1 Å². The van der Waals surface area contributed by atoms with Gasteiger partial charge in [-0.1, -0.05) is 27.7 Å². The summed E-state index contributed by atoms with van der Waals surface area (Å²) in [7, 11) is 0. The van der Waals surface area contributed by atoms with Gasteiger partial charge in [-0.25, -0.2) is 0 Å². The normalized spacial score (nSPS) is 16.0. The lowest BCUT2D eigenvalue weighted by molar-refractivity contribution is -0.138. The molecule has 134 valence electrons. The molecular formula is C19H30N2O3. The van der Waals surface area contributed by atoms with Gasteiger partial charge < -0.3 is 14.2 Å². The van der Waals surface area contributed by atoms with Crippen molar-refractivity contribution < 1.29 is 14.0 Å². The number of furan rings is 1. The van der Waals surface area contributed by atoms with Crippen LogP contribution in [0.4, 0.5) is 0 Å². The van der Waals surface area contributed by atoms with Gasteiger partial charge in [-0.3, -0.25) is 9.59 Å². The maximum atomic E-state index is 12.9. The predicted molar refractivity (Wildman–Crippen MR) is 93.6 cm³/mol. The summed E-state index contributed by atoms with van der Waals surface area (Å²) in [6, 6.07) is 3.41. The Kier molecular flexibility index (Phi) is 6.46. The molecule has 0 N–H and O–H groups in total. The number of piperidine rings is 1. The van der Waals surface area contributed by atoms with E-state index in [4.69, 9.17) is 4.42 Å². The van der Waals surface area contributed by atoms with E-state index in [1.807, 2.05) is 4.90 Å². The number of carbonyl (C=O) groups is 2. The topological polar surface area (TPSA) is 53.8 Å². The SMILES string of the molecule is CC(C)CN(CC(C)C)C(=O)C1CCN(C(=O)c2ccco2)CC1. The second-order valence-corrected chi connectivity index (χ2v) is 7.57. The van der Waals surface area contributed by atoms with Crippen LogP contribution in [0.1, 0.15) is 51.1 Å². The summed E-state index contributed by atoms with van der Waals surface area (Å²) in [5, 5.41) is 0. The number of rotatable bonds is 6. The van der Waals surface area contributed by atoms with Gasteiger partial charge in [0.2, 0.25) is 5.91 Å². The van der Waals surface area contributed by atoms with E-state index >= 15 is 0 Å². The summed E-state index contributed by atoms with van der Waals surface area (Å²) in [4.78, 5) is 29.0. The Labute approximate surface area is 145 Å². The highest BCUT2D eigenvalue weighted by Gasteiger charge is 2.31. The highest BCUT2D eigenvalue weighted by Crippen LogP contribution is 2.22. The van der Waals surface area contributed by atoms with Crippen LogP contribution in [0.25, 0.3) is 0 Å². The van der Waals surface area contributed by atoms with Crippen LogP contribution in [0.15, 0.2) is 22.8 Å². The van der Waals surface area contributed by atoms with E-state index < -0.39 is 0 Å². The van der Waals surface area contributed by atoms with Gasteiger partial charge in [0.25, 0.3) is 5.91 Å². The molecule has 1 aromatic heterocycles. The zero-order chi connectivity index (χ0) is 17.7. The van der Waals surface area contributed by atoms with Crippen LogP contribution in [0, 0.1) is 17.8 Å². The molecule has 1 fully saturated rings. The summed E-state index contributed by atoms with van der Waals surface area (Å²) < 4.78 is 5.18. The number of hydrogen-bond acceptors (Lipinski definition) is 3. The van der Waals surface area contributed by atoms with Gasteiger partial charge in [0.1, 0.15) is 0 Å². The molecule has 5 heteroatoms. The van der Waals surface area contributed by atoms with Crippen LogP contribution in [0.3, 0.4) is 0 Å². The lowest BCUT2D eigenvalue weighted by Crippen LogP contribution is -2.46. The Morgan fingerprint density at radius 3 is 2.21 bits per heavy atom. The standard InChI is InChI=1S/C19H30N2O3/c1-14(2)12-21(13-15(3)4)18(22)16-7-9-20(10-8-16)19(23)17-6-5-11-24-17/h5-6,11,14-16H,7-10,12-13H2,1-4H3. The Bertz CT molecular complexity index is 519. The first kappa shape index (κ1) is 18.6. The fraction of sp³-hybridized carbons (Fsp3) is 0.684. The molecule has 24 heavy (non-hydrogen) atoms. The maximum Gasteiger partial charge on any atom is 0.289 e. The van der Waals surface area contributed by atoms with Crippen molar-refractivity contribution in [3.05, 3.63) is 24.2 Å². The molecular weight excluding hydrogens is 304 g/mol. The van der Waals surface area contributed by atoms with Crippen LogP contribution in [-0.4, -0.2) is 47.8 Å². The number of carbonyl (C=O) groups excluding carboxylic acids is 2. The smallest absolute Gasteiger partial charge is 0.289 e. The van der Waals surface area contributed by atoms with Crippen LogP contribution in [0.2, 0.25) is 0 Å². The number of amides is 2. The number of hydrogen-bond donors (Lipinski definition) is 0. The molecule has 5 nitrogen and oxygen atoms in total. The molecule has 2 rings (SSSR count). The van der Waals surface area contributed by atoms with Crippen molar-refractivity contribution >= 4 is 11.8 Å². The first-order chi connectivity index (χ1) is 11.4. The molecule has 1 saturated heterocycles. The highest BCUT2D eigenvalue weighted by atomic mass is 16.3. The molecule has 0 aromatic carbocycles. The number of nitrogens with zero attached hydrogens (tertiary/aromatic N) is 2. The molecule has 0 bridgehead atoms. The minimum atomic E-state index is -0.0767. The number of likely N-dealkylation sites (tertiary alicyclic amines) is 1. The highest BCUT2D eigenvalue weighted by molar-refractivity contribution is 5.91. The predicted octanol–water partition coefficient (Wildman–Crippen LogP) is 3.27.